The maximum absolute atomic E-state index is 11.7. The number of nitrogens with zero attached hydrogens (tertiary/aromatic N) is 1. The van der Waals surface area contributed by atoms with Gasteiger partial charge in [-0.1, -0.05) is 19.1 Å². The third-order valence-corrected chi connectivity index (χ3v) is 5.71. The summed E-state index contributed by atoms with van der Waals surface area (Å²) in [6.45, 7) is 2.49. The molecular formula is C17H27IN4O3S. The zero-order chi connectivity index (χ0) is 18.3. The highest BCUT2D eigenvalue weighted by Gasteiger charge is 2.28. The summed E-state index contributed by atoms with van der Waals surface area (Å²) >= 11 is 0. The van der Waals surface area contributed by atoms with Gasteiger partial charge in [0.2, 0.25) is 5.91 Å². The zero-order valence-electron chi connectivity index (χ0n) is 15.1. The minimum absolute atomic E-state index is 0. The number of hydrogen-bond donors (Lipinski definition) is 3. The van der Waals surface area contributed by atoms with E-state index < -0.39 is 9.84 Å². The number of rotatable bonds is 6. The molecule has 2 rings (SSSR count). The molecule has 7 nitrogen and oxygen atoms in total. The lowest BCUT2D eigenvalue weighted by atomic mass is 10.2. The number of guanidine groups is 1. The standard InChI is InChI=1S/C17H26N4O3S.HI/c1-3-5-16(22)20-14-7-4-6-13(10-14)11-19-17(18-2)21-15-8-9-25(23,24)12-15;/h4,6-7,10,15H,3,5,8-9,11-12H2,1-2H3,(H,20,22)(H2,18,19,21);1H. The van der Waals surface area contributed by atoms with Gasteiger partial charge in [0.05, 0.1) is 11.5 Å². The highest BCUT2D eigenvalue weighted by atomic mass is 127. The van der Waals surface area contributed by atoms with Crippen molar-refractivity contribution >= 4 is 51.4 Å². The van der Waals surface area contributed by atoms with Gasteiger partial charge in [0.15, 0.2) is 15.8 Å². The lowest BCUT2D eigenvalue weighted by Gasteiger charge is -2.16. The van der Waals surface area contributed by atoms with Crippen LogP contribution in [0, 0.1) is 0 Å². The van der Waals surface area contributed by atoms with E-state index in [-0.39, 0.29) is 47.4 Å². The first-order valence-electron chi connectivity index (χ1n) is 8.48. The SMILES string of the molecule is CCCC(=O)Nc1cccc(CNC(=NC)NC2CCS(=O)(=O)C2)c1.I. The van der Waals surface area contributed by atoms with Crippen LogP contribution >= 0.6 is 24.0 Å². The highest BCUT2D eigenvalue weighted by molar-refractivity contribution is 14.0. The number of halogens is 1. The first-order chi connectivity index (χ1) is 11.9. The molecule has 1 amide bonds. The Kier molecular flexibility index (Phi) is 9.34. The van der Waals surface area contributed by atoms with Gasteiger partial charge in [0.25, 0.3) is 0 Å². The van der Waals surface area contributed by atoms with E-state index in [2.05, 4.69) is 20.9 Å². The van der Waals surface area contributed by atoms with Crippen LogP contribution < -0.4 is 16.0 Å². The molecular weight excluding hydrogens is 467 g/mol. The predicted molar refractivity (Wildman–Crippen MR) is 116 cm³/mol. The average molecular weight is 494 g/mol. The first-order valence-corrected chi connectivity index (χ1v) is 10.3. The van der Waals surface area contributed by atoms with Crippen LogP contribution in [0.15, 0.2) is 29.3 Å². The van der Waals surface area contributed by atoms with E-state index in [0.29, 0.717) is 25.3 Å². The number of nitrogens with one attached hydrogen (secondary N) is 3. The van der Waals surface area contributed by atoms with Gasteiger partial charge in [0, 0.05) is 31.7 Å². The zero-order valence-corrected chi connectivity index (χ0v) is 18.3. The number of aliphatic imine (C=N–C) groups is 1. The van der Waals surface area contributed by atoms with Crippen molar-refractivity contribution in [1.82, 2.24) is 10.6 Å². The first kappa shape index (κ1) is 22.7. The summed E-state index contributed by atoms with van der Waals surface area (Å²) in [5.41, 5.74) is 1.76. The van der Waals surface area contributed by atoms with Crippen molar-refractivity contribution in [3.8, 4) is 0 Å². The lowest BCUT2D eigenvalue weighted by molar-refractivity contribution is -0.116. The summed E-state index contributed by atoms with van der Waals surface area (Å²) in [7, 11) is -1.27. The molecule has 9 heteroatoms. The number of benzene rings is 1. The Bertz CT molecular complexity index is 737. The lowest BCUT2D eigenvalue weighted by Crippen LogP contribution is -2.43. The van der Waals surface area contributed by atoms with E-state index in [0.717, 1.165) is 17.7 Å². The molecule has 0 radical (unpaired) electrons. The van der Waals surface area contributed by atoms with E-state index in [4.69, 9.17) is 0 Å². The van der Waals surface area contributed by atoms with E-state index in [1.54, 1.807) is 7.05 Å². The van der Waals surface area contributed by atoms with Crippen molar-refractivity contribution < 1.29 is 13.2 Å². The fraction of sp³-hybridized carbons (Fsp3) is 0.529. The number of carbonyl (C=O) groups is 1. The maximum atomic E-state index is 11.7. The summed E-state index contributed by atoms with van der Waals surface area (Å²) in [4.78, 5) is 15.8. The van der Waals surface area contributed by atoms with Gasteiger partial charge >= 0.3 is 0 Å². The van der Waals surface area contributed by atoms with Gasteiger partial charge in [-0.15, -0.1) is 24.0 Å². The second-order valence-corrected chi connectivity index (χ2v) is 8.40. The Hall–Kier alpha value is -1.36. The molecule has 0 spiro atoms. The van der Waals surface area contributed by atoms with Gasteiger partial charge in [-0.25, -0.2) is 8.42 Å². The molecule has 1 heterocycles. The van der Waals surface area contributed by atoms with Crippen LogP contribution in [0.1, 0.15) is 31.7 Å². The average Bonchev–Trinajstić information content (AvgIpc) is 2.90. The Labute approximate surface area is 172 Å². The smallest absolute Gasteiger partial charge is 0.224 e. The molecule has 0 aliphatic carbocycles. The minimum Gasteiger partial charge on any atom is -0.353 e. The van der Waals surface area contributed by atoms with Gasteiger partial charge < -0.3 is 16.0 Å². The molecule has 0 saturated carbocycles. The molecule has 1 aromatic carbocycles. The molecule has 1 aliphatic heterocycles. The molecule has 146 valence electrons. The van der Waals surface area contributed by atoms with Gasteiger partial charge in [0.1, 0.15) is 0 Å². The summed E-state index contributed by atoms with van der Waals surface area (Å²) < 4.78 is 23.1. The summed E-state index contributed by atoms with van der Waals surface area (Å²) in [6, 6.07) is 7.51. The fourth-order valence-electron chi connectivity index (χ4n) is 2.69. The van der Waals surface area contributed by atoms with Crippen molar-refractivity contribution in [3.05, 3.63) is 29.8 Å². The predicted octanol–water partition coefficient (Wildman–Crippen LogP) is 1.90. The molecule has 1 fully saturated rings. The molecule has 3 N–H and O–H groups in total. The van der Waals surface area contributed by atoms with E-state index >= 15 is 0 Å². The largest absolute Gasteiger partial charge is 0.353 e. The second-order valence-electron chi connectivity index (χ2n) is 6.17. The van der Waals surface area contributed by atoms with Crippen molar-refractivity contribution in [3.63, 3.8) is 0 Å². The highest BCUT2D eigenvalue weighted by Crippen LogP contribution is 2.12. The quantitative estimate of drug-likeness (QED) is 0.319. The molecule has 26 heavy (non-hydrogen) atoms. The van der Waals surface area contributed by atoms with Crippen molar-refractivity contribution in [1.29, 1.82) is 0 Å². The van der Waals surface area contributed by atoms with Crippen LogP contribution in [0.5, 0.6) is 0 Å². The van der Waals surface area contributed by atoms with Gasteiger partial charge in [-0.05, 0) is 30.5 Å². The Morgan fingerprint density at radius 2 is 2.12 bits per heavy atom. The number of amides is 1. The number of sulfone groups is 1. The fourth-order valence-corrected chi connectivity index (χ4v) is 4.37. The maximum Gasteiger partial charge on any atom is 0.224 e. The van der Waals surface area contributed by atoms with Crippen LogP contribution in [-0.4, -0.2) is 44.9 Å². The van der Waals surface area contributed by atoms with Crippen molar-refractivity contribution in [2.45, 2.75) is 38.8 Å². The third-order valence-electron chi connectivity index (χ3n) is 3.94. The number of anilines is 1. The Morgan fingerprint density at radius 3 is 2.73 bits per heavy atom. The third kappa shape index (κ3) is 7.48. The topological polar surface area (TPSA) is 99.7 Å². The van der Waals surface area contributed by atoms with E-state index in [1.165, 1.54) is 0 Å². The van der Waals surface area contributed by atoms with Crippen LogP contribution in [0.3, 0.4) is 0 Å². The molecule has 1 aliphatic rings. The summed E-state index contributed by atoms with van der Waals surface area (Å²) in [6.07, 6.45) is 1.91. The number of hydrogen-bond acceptors (Lipinski definition) is 4. The van der Waals surface area contributed by atoms with Crippen molar-refractivity contribution in [2.75, 3.05) is 23.9 Å². The summed E-state index contributed by atoms with van der Waals surface area (Å²) in [5.74, 6) is 0.948. The monoisotopic (exact) mass is 494 g/mol. The molecule has 1 unspecified atom stereocenters. The number of carbonyl (C=O) groups excluding carboxylic acids is 1. The molecule has 1 atom stereocenters. The van der Waals surface area contributed by atoms with E-state index in [1.807, 2.05) is 31.2 Å². The normalized spacial score (nSPS) is 18.7. The molecule has 0 bridgehead atoms. The van der Waals surface area contributed by atoms with Crippen molar-refractivity contribution in [2.24, 2.45) is 4.99 Å². The molecule has 1 aromatic rings. The van der Waals surface area contributed by atoms with Crippen LogP contribution in [0.2, 0.25) is 0 Å². The van der Waals surface area contributed by atoms with Crippen LogP contribution in [0.25, 0.3) is 0 Å². The van der Waals surface area contributed by atoms with E-state index in [9.17, 15) is 13.2 Å². The molecule has 0 aromatic heterocycles. The Balaban J connectivity index is 0.00000338. The Morgan fingerprint density at radius 1 is 1.35 bits per heavy atom. The van der Waals surface area contributed by atoms with Gasteiger partial charge in [-0.3, -0.25) is 9.79 Å². The van der Waals surface area contributed by atoms with Crippen LogP contribution in [0.4, 0.5) is 5.69 Å². The van der Waals surface area contributed by atoms with Crippen LogP contribution in [-0.2, 0) is 21.2 Å². The molecule has 1 saturated heterocycles. The second kappa shape index (κ2) is 10.7. The minimum atomic E-state index is -2.92. The summed E-state index contributed by atoms with van der Waals surface area (Å²) in [5, 5.41) is 9.20. The van der Waals surface area contributed by atoms with Gasteiger partial charge in [-0.2, -0.15) is 0 Å².